The minimum atomic E-state index is -2.54. The number of pyridine rings is 1. The smallest absolute Gasteiger partial charge is 0.148 e. The summed E-state index contributed by atoms with van der Waals surface area (Å²) < 4.78 is 52.6. The minimum Gasteiger partial charge on any atom is -0.507 e. The Morgan fingerprint density at radius 3 is 1.80 bits per heavy atom. The molecular formula is C66H68N3OPt-. The van der Waals surface area contributed by atoms with Gasteiger partial charge in [0.25, 0.3) is 0 Å². The molecule has 0 saturated heterocycles. The Balaban J connectivity index is 0.00000784. The summed E-state index contributed by atoms with van der Waals surface area (Å²) in [7, 11) is 0. The Labute approximate surface area is 446 Å². The van der Waals surface area contributed by atoms with E-state index in [1.54, 1.807) is 36.5 Å². The fourth-order valence-corrected chi connectivity index (χ4v) is 9.32. The zero-order valence-electron chi connectivity index (χ0n) is 49.0. The fourth-order valence-electron chi connectivity index (χ4n) is 9.32. The zero-order valence-corrected chi connectivity index (χ0v) is 45.3. The summed E-state index contributed by atoms with van der Waals surface area (Å²) >= 11 is 0. The molecular weight excluding hydrogens is 1050 g/mol. The van der Waals surface area contributed by atoms with Gasteiger partial charge in [-0.15, -0.1) is 29.3 Å². The molecule has 0 amide bonds. The summed E-state index contributed by atoms with van der Waals surface area (Å²) in [6, 6.07) is 51.4. The number of para-hydroxylation sites is 1. The average Bonchev–Trinajstić information content (AvgIpc) is 3.80. The Hall–Kier alpha value is -6.35. The number of phenolic OH excluding ortho intramolecular Hbond substituents is 1. The molecule has 0 atom stereocenters. The normalized spacial score (nSPS) is 13.9. The van der Waals surface area contributed by atoms with Gasteiger partial charge in [-0.3, -0.25) is 9.55 Å². The summed E-state index contributed by atoms with van der Waals surface area (Å²) in [6.45, 7) is 21.2. The second kappa shape index (κ2) is 19.0. The summed E-state index contributed by atoms with van der Waals surface area (Å²) in [5, 5.41) is 12.6. The molecule has 9 aromatic rings. The van der Waals surface area contributed by atoms with Gasteiger partial charge in [0.1, 0.15) is 11.6 Å². The van der Waals surface area contributed by atoms with Crippen LogP contribution >= 0.6 is 0 Å². The van der Waals surface area contributed by atoms with Crippen molar-refractivity contribution >= 4 is 11.0 Å². The predicted molar refractivity (Wildman–Crippen MR) is 296 cm³/mol. The van der Waals surface area contributed by atoms with Gasteiger partial charge >= 0.3 is 0 Å². The molecule has 0 fully saturated rings. The second-order valence-corrected chi connectivity index (χ2v) is 22.9. The molecule has 2 heterocycles. The minimum absolute atomic E-state index is 0. The molecule has 9 rings (SSSR count). The van der Waals surface area contributed by atoms with E-state index in [1.165, 1.54) is 11.6 Å². The molecule has 2 aromatic heterocycles. The van der Waals surface area contributed by atoms with E-state index in [-0.39, 0.29) is 59.6 Å². The summed E-state index contributed by atoms with van der Waals surface area (Å²) in [4.78, 5) is 10.6. The van der Waals surface area contributed by atoms with E-state index in [1.807, 2.05) is 24.3 Å². The van der Waals surface area contributed by atoms with Crippen LogP contribution in [0.15, 0.2) is 152 Å². The van der Waals surface area contributed by atoms with Crippen molar-refractivity contribution in [3.8, 4) is 78.6 Å². The number of nitrogens with zero attached hydrogens (tertiary/aromatic N) is 3. The number of hydrogen-bond acceptors (Lipinski definition) is 3. The topological polar surface area (TPSA) is 50.9 Å². The summed E-state index contributed by atoms with van der Waals surface area (Å²) in [5.74, 6) is 0.810. The van der Waals surface area contributed by atoms with Crippen molar-refractivity contribution in [2.45, 2.75) is 118 Å². The third-order valence-electron chi connectivity index (χ3n) is 13.5. The first-order valence-corrected chi connectivity index (χ1v) is 24.3. The van der Waals surface area contributed by atoms with Crippen LogP contribution in [0.3, 0.4) is 0 Å². The van der Waals surface area contributed by atoms with Crippen LogP contribution in [0, 0.1) is 19.8 Å². The third-order valence-corrected chi connectivity index (χ3v) is 13.5. The zero-order chi connectivity index (χ0) is 55.1. The molecule has 5 heteroatoms. The Bertz CT molecular complexity index is 3680. The van der Waals surface area contributed by atoms with Crippen molar-refractivity contribution in [3.63, 3.8) is 0 Å². The number of aromatic nitrogens is 3. The summed E-state index contributed by atoms with van der Waals surface area (Å²) in [5.41, 5.74) is 13.7. The first-order chi connectivity index (χ1) is 35.4. The molecule has 0 saturated carbocycles. The molecule has 0 aliphatic heterocycles. The van der Waals surface area contributed by atoms with Gasteiger partial charge in [0.15, 0.2) is 0 Å². The van der Waals surface area contributed by atoms with Crippen molar-refractivity contribution in [3.05, 3.63) is 191 Å². The summed E-state index contributed by atoms with van der Waals surface area (Å²) in [6.07, 6.45) is 1.72. The van der Waals surface area contributed by atoms with E-state index < -0.39 is 13.7 Å². The Morgan fingerprint density at radius 1 is 0.493 bits per heavy atom. The van der Waals surface area contributed by atoms with Gasteiger partial charge in [0, 0.05) is 52.3 Å². The quantitative estimate of drug-likeness (QED) is 0.162. The monoisotopic (exact) mass is 1120 g/mol. The Kier molecular flexibility index (Phi) is 11.6. The van der Waals surface area contributed by atoms with Crippen LogP contribution in [-0.4, -0.2) is 19.6 Å². The van der Waals surface area contributed by atoms with Gasteiger partial charge in [-0.25, -0.2) is 4.98 Å². The van der Waals surface area contributed by atoms with E-state index >= 15 is 0 Å². The van der Waals surface area contributed by atoms with Crippen LogP contribution in [0.1, 0.15) is 125 Å². The number of benzene rings is 7. The van der Waals surface area contributed by atoms with E-state index in [4.69, 9.17) is 18.2 Å². The van der Waals surface area contributed by atoms with Crippen molar-refractivity contribution in [1.82, 2.24) is 14.5 Å². The molecule has 0 bridgehead atoms. The molecule has 0 spiro atoms. The number of aryl methyl sites for hydroxylation is 2. The molecule has 4 nitrogen and oxygen atoms in total. The van der Waals surface area contributed by atoms with Crippen molar-refractivity contribution in [1.29, 1.82) is 0 Å². The van der Waals surface area contributed by atoms with Crippen molar-refractivity contribution in [2.75, 3.05) is 0 Å². The fraction of sp³-hybridized carbons (Fsp3) is 0.273. The number of imidazole rings is 1. The van der Waals surface area contributed by atoms with E-state index in [9.17, 15) is 5.11 Å². The molecule has 0 radical (unpaired) electrons. The largest absolute Gasteiger partial charge is 0.507 e. The van der Waals surface area contributed by atoms with Gasteiger partial charge < -0.3 is 5.11 Å². The average molecular weight is 1120 g/mol. The standard InChI is InChI=1S/C66H68N3O.Pt/c1-41-21-18-19-24-51(41)52-29-27-44(33-42(52)2)45-31-32-67-57(37-45)47-34-46(35-49(36-47)64(6,7)8)53-25-20-26-59-60(53)68-62(55-39-50(65(9,10)11)40-56(61(55)70)66(12,13)14)69(59)58-30-28-48(63(3,4)5)38-54(58)43-22-16-15-17-23-43;/h15-33,35-40,70H,1-14H3;/q-1;/i1D3,2D3;. The van der Waals surface area contributed by atoms with Gasteiger partial charge in [-0.2, -0.15) is 0 Å². The van der Waals surface area contributed by atoms with E-state index in [0.717, 1.165) is 66.8 Å². The molecule has 0 aliphatic rings. The maximum Gasteiger partial charge on any atom is 0.148 e. The van der Waals surface area contributed by atoms with Crippen LogP contribution < -0.4 is 0 Å². The second-order valence-electron chi connectivity index (χ2n) is 22.9. The Morgan fingerprint density at radius 2 is 1.11 bits per heavy atom. The van der Waals surface area contributed by atoms with Crippen molar-refractivity contribution < 1.29 is 34.4 Å². The molecule has 1 N–H and O–H groups in total. The molecule has 71 heavy (non-hydrogen) atoms. The first-order valence-electron chi connectivity index (χ1n) is 27.3. The maximum absolute atomic E-state index is 12.6. The number of rotatable bonds is 7. The van der Waals surface area contributed by atoms with Crippen LogP contribution in [0.5, 0.6) is 5.75 Å². The van der Waals surface area contributed by atoms with Crippen LogP contribution in [0.2, 0.25) is 0 Å². The van der Waals surface area contributed by atoms with Crippen LogP contribution in [-0.2, 0) is 42.7 Å². The maximum atomic E-state index is 12.6. The number of phenols is 1. The number of aromatic hydroxyl groups is 1. The van der Waals surface area contributed by atoms with Gasteiger partial charge in [-0.05, 0) is 116 Å². The van der Waals surface area contributed by atoms with Crippen LogP contribution in [0.25, 0.3) is 83.9 Å². The first kappa shape index (κ1) is 43.4. The molecule has 7 aromatic carbocycles. The third kappa shape index (κ3) is 10.1. The van der Waals surface area contributed by atoms with Gasteiger partial charge in [-0.1, -0.05) is 197 Å². The number of fused-ring (bicyclic) bond motifs is 1. The SMILES string of the molecule is [2H]C([2H])([2H])c1ccccc1-c1ccc(-c2ccnc(-c3[c-]c(-c4cccc5c4nc(-c4cc(C(C)(C)C)cc(C(C)(C)C)c4O)n5-c4ccc(C(C)(C)C)cc4-c4ccccc4)cc(C(C)(C)C)c3)c2)cc1C([2H])([2H])[2H].[Pt]. The van der Waals surface area contributed by atoms with E-state index in [0.29, 0.717) is 33.8 Å². The molecule has 0 aliphatic carbocycles. The molecule has 0 unspecified atom stereocenters. The van der Waals surface area contributed by atoms with Crippen molar-refractivity contribution in [2.24, 2.45) is 0 Å². The van der Waals surface area contributed by atoms with Crippen LogP contribution in [0.4, 0.5) is 0 Å². The van der Waals surface area contributed by atoms with E-state index in [2.05, 4.69) is 179 Å². The number of hydrogen-bond donors (Lipinski definition) is 1. The molecule has 364 valence electrons. The van der Waals surface area contributed by atoms with Gasteiger partial charge in [0.2, 0.25) is 0 Å². The van der Waals surface area contributed by atoms with Gasteiger partial charge in [0.05, 0.1) is 22.3 Å². The predicted octanol–water partition coefficient (Wildman–Crippen LogP) is 17.7.